The second-order valence-corrected chi connectivity index (χ2v) is 7.46. The Balaban J connectivity index is 0.00000242. The van der Waals surface area contributed by atoms with Crippen molar-refractivity contribution in [3.8, 4) is 5.75 Å². The van der Waals surface area contributed by atoms with Crippen molar-refractivity contribution >= 4 is 22.4 Å². The van der Waals surface area contributed by atoms with Gasteiger partial charge >= 0.3 is 0 Å². The lowest BCUT2D eigenvalue weighted by Gasteiger charge is -2.31. The van der Waals surface area contributed by atoms with Crippen LogP contribution in [-0.2, 0) is 10.0 Å². The Bertz CT molecular complexity index is 611. The second kappa shape index (κ2) is 7.64. The van der Waals surface area contributed by atoms with E-state index in [0.717, 1.165) is 24.0 Å². The maximum absolute atomic E-state index is 12.9. The summed E-state index contributed by atoms with van der Waals surface area (Å²) in [6, 6.07) is 4.06. The van der Waals surface area contributed by atoms with E-state index in [1.54, 1.807) is 10.4 Å². The number of aryl methyl sites for hydroxylation is 2. The summed E-state index contributed by atoms with van der Waals surface area (Å²) < 4.78 is 32.7. The molecule has 1 aromatic carbocycles. The lowest BCUT2D eigenvalue weighted by atomic mass is 10.1. The Morgan fingerprint density at radius 2 is 1.82 bits per heavy atom. The van der Waals surface area contributed by atoms with E-state index in [9.17, 15) is 8.42 Å². The molecule has 0 spiro atoms. The Morgan fingerprint density at radius 3 is 2.32 bits per heavy atom. The first-order valence-electron chi connectivity index (χ1n) is 7.22. The third-order valence-electron chi connectivity index (χ3n) is 4.06. The molecule has 5 nitrogen and oxygen atoms in total. The molecule has 1 fully saturated rings. The van der Waals surface area contributed by atoms with E-state index in [1.807, 2.05) is 27.0 Å². The lowest BCUT2D eigenvalue weighted by molar-refractivity contribution is 0.297. The molecule has 1 aromatic rings. The van der Waals surface area contributed by atoms with E-state index in [2.05, 4.69) is 5.32 Å². The zero-order chi connectivity index (χ0) is 15.6. The van der Waals surface area contributed by atoms with Crippen molar-refractivity contribution in [2.24, 2.45) is 0 Å². The fourth-order valence-electron chi connectivity index (χ4n) is 2.91. The van der Waals surface area contributed by atoms with Gasteiger partial charge in [0, 0.05) is 19.1 Å². The Morgan fingerprint density at radius 1 is 1.23 bits per heavy atom. The molecule has 0 saturated carbocycles. The lowest BCUT2D eigenvalue weighted by Crippen LogP contribution is -2.44. The van der Waals surface area contributed by atoms with Gasteiger partial charge in [0.05, 0.1) is 7.11 Å². The van der Waals surface area contributed by atoms with Gasteiger partial charge in [0.1, 0.15) is 10.6 Å². The Labute approximate surface area is 139 Å². The summed E-state index contributed by atoms with van der Waals surface area (Å²) in [5, 5.41) is 3.21. The summed E-state index contributed by atoms with van der Waals surface area (Å²) in [6.45, 7) is 4.85. The summed E-state index contributed by atoms with van der Waals surface area (Å²) in [6.07, 6.45) is 1.67. The average Bonchev–Trinajstić information content (AvgIpc) is 2.46. The first kappa shape index (κ1) is 19.2. The van der Waals surface area contributed by atoms with Crippen LogP contribution in [0.3, 0.4) is 0 Å². The van der Waals surface area contributed by atoms with Crippen LogP contribution < -0.4 is 10.1 Å². The molecule has 0 bridgehead atoms. The average molecular weight is 349 g/mol. The van der Waals surface area contributed by atoms with Gasteiger partial charge in [-0.2, -0.15) is 4.31 Å². The molecule has 1 N–H and O–H groups in total. The van der Waals surface area contributed by atoms with Crippen LogP contribution in [0, 0.1) is 13.8 Å². The fourth-order valence-corrected chi connectivity index (χ4v) is 4.72. The van der Waals surface area contributed by atoms with Gasteiger partial charge in [0.25, 0.3) is 0 Å². The number of rotatable bonds is 4. The summed E-state index contributed by atoms with van der Waals surface area (Å²) in [7, 11) is -0.0703. The van der Waals surface area contributed by atoms with Crippen LogP contribution in [0.25, 0.3) is 0 Å². The number of ether oxygens (including phenoxy) is 1. The molecule has 126 valence electrons. The van der Waals surface area contributed by atoms with Crippen LogP contribution in [0.2, 0.25) is 0 Å². The van der Waals surface area contributed by atoms with Crippen molar-refractivity contribution in [2.75, 3.05) is 27.2 Å². The first-order chi connectivity index (χ1) is 9.90. The highest BCUT2D eigenvalue weighted by Crippen LogP contribution is 2.32. The molecule has 0 radical (unpaired) electrons. The maximum Gasteiger partial charge on any atom is 0.247 e. The van der Waals surface area contributed by atoms with E-state index >= 15 is 0 Å². The highest BCUT2D eigenvalue weighted by molar-refractivity contribution is 7.89. The van der Waals surface area contributed by atoms with Crippen LogP contribution in [0.1, 0.15) is 24.0 Å². The standard InChI is InChI=1S/C15H24N2O3S.ClH/c1-11-9-12(2)15(14(10-11)20-4)21(18,19)17-7-5-13(16-3)6-8-17;/h9-10,13,16H,5-8H2,1-4H3;1H. The molecule has 1 heterocycles. The smallest absolute Gasteiger partial charge is 0.247 e. The van der Waals surface area contributed by atoms with Crippen molar-refractivity contribution in [3.63, 3.8) is 0 Å². The van der Waals surface area contributed by atoms with Crippen LogP contribution in [0.15, 0.2) is 17.0 Å². The molecule has 7 heteroatoms. The summed E-state index contributed by atoms with van der Waals surface area (Å²) in [5.74, 6) is 0.434. The van der Waals surface area contributed by atoms with Crippen LogP contribution in [0.4, 0.5) is 0 Å². The highest BCUT2D eigenvalue weighted by Gasteiger charge is 2.32. The molecule has 1 aliphatic rings. The van der Waals surface area contributed by atoms with E-state index < -0.39 is 10.0 Å². The minimum atomic E-state index is -3.50. The van der Waals surface area contributed by atoms with Gasteiger partial charge in [-0.1, -0.05) is 6.07 Å². The largest absolute Gasteiger partial charge is 0.495 e. The molecule has 0 amide bonds. The van der Waals surface area contributed by atoms with E-state index in [4.69, 9.17) is 4.74 Å². The number of methoxy groups -OCH3 is 1. The monoisotopic (exact) mass is 348 g/mol. The van der Waals surface area contributed by atoms with Gasteiger partial charge in [0.15, 0.2) is 0 Å². The highest BCUT2D eigenvalue weighted by atomic mass is 35.5. The number of hydrogen-bond acceptors (Lipinski definition) is 4. The second-order valence-electron chi connectivity index (χ2n) is 5.58. The van der Waals surface area contributed by atoms with Crippen LogP contribution >= 0.6 is 12.4 Å². The van der Waals surface area contributed by atoms with E-state index in [1.165, 1.54) is 7.11 Å². The normalized spacial score (nSPS) is 17.1. The molecule has 2 rings (SSSR count). The molecule has 0 unspecified atom stereocenters. The number of halogens is 1. The van der Waals surface area contributed by atoms with Gasteiger partial charge in [-0.05, 0) is 50.9 Å². The molecule has 22 heavy (non-hydrogen) atoms. The molecular formula is C15H25ClN2O3S. The molecule has 1 saturated heterocycles. The summed E-state index contributed by atoms with van der Waals surface area (Å²) in [5.41, 5.74) is 1.74. The van der Waals surface area contributed by atoms with E-state index in [0.29, 0.717) is 29.8 Å². The molecule has 0 atom stereocenters. The number of piperidine rings is 1. The Hall–Kier alpha value is -0.820. The molecular weight excluding hydrogens is 324 g/mol. The first-order valence-corrected chi connectivity index (χ1v) is 8.66. The Kier molecular flexibility index (Phi) is 6.67. The van der Waals surface area contributed by atoms with Crippen LogP contribution in [-0.4, -0.2) is 46.0 Å². The molecule has 0 aliphatic carbocycles. The quantitative estimate of drug-likeness (QED) is 0.905. The van der Waals surface area contributed by atoms with Gasteiger partial charge in [-0.25, -0.2) is 8.42 Å². The number of sulfonamides is 1. The van der Waals surface area contributed by atoms with Crippen molar-refractivity contribution in [1.82, 2.24) is 9.62 Å². The predicted octanol–water partition coefficient (Wildman–Crippen LogP) is 2.11. The van der Waals surface area contributed by atoms with Gasteiger partial charge in [0.2, 0.25) is 10.0 Å². The minimum absolute atomic E-state index is 0. The van der Waals surface area contributed by atoms with Crippen molar-refractivity contribution in [1.29, 1.82) is 0 Å². The van der Waals surface area contributed by atoms with Gasteiger partial charge < -0.3 is 10.1 Å². The number of nitrogens with zero attached hydrogens (tertiary/aromatic N) is 1. The number of nitrogens with one attached hydrogen (secondary N) is 1. The summed E-state index contributed by atoms with van der Waals surface area (Å²) >= 11 is 0. The third kappa shape index (κ3) is 3.74. The van der Waals surface area contributed by atoms with Gasteiger partial charge in [-0.3, -0.25) is 0 Å². The van der Waals surface area contributed by atoms with Crippen molar-refractivity contribution in [2.45, 2.75) is 37.6 Å². The zero-order valence-electron chi connectivity index (χ0n) is 13.5. The molecule has 0 aromatic heterocycles. The van der Waals surface area contributed by atoms with Gasteiger partial charge in [-0.15, -0.1) is 12.4 Å². The molecule has 1 aliphatic heterocycles. The SMILES string of the molecule is CNC1CCN(S(=O)(=O)c2c(C)cc(C)cc2OC)CC1.Cl. The topological polar surface area (TPSA) is 58.6 Å². The maximum atomic E-state index is 12.9. The summed E-state index contributed by atoms with van der Waals surface area (Å²) in [4.78, 5) is 0.304. The van der Waals surface area contributed by atoms with Crippen molar-refractivity contribution < 1.29 is 13.2 Å². The minimum Gasteiger partial charge on any atom is -0.495 e. The zero-order valence-corrected chi connectivity index (χ0v) is 15.2. The van der Waals surface area contributed by atoms with Crippen LogP contribution in [0.5, 0.6) is 5.75 Å². The third-order valence-corrected chi connectivity index (χ3v) is 6.15. The van der Waals surface area contributed by atoms with E-state index in [-0.39, 0.29) is 12.4 Å². The number of hydrogen-bond donors (Lipinski definition) is 1. The van der Waals surface area contributed by atoms with Crippen molar-refractivity contribution in [3.05, 3.63) is 23.3 Å². The predicted molar refractivity (Wildman–Crippen MR) is 90.6 cm³/mol. The fraction of sp³-hybridized carbons (Fsp3) is 0.600. The number of benzene rings is 1.